The van der Waals surface area contributed by atoms with Crippen molar-refractivity contribution in [3.05, 3.63) is 0 Å². The number of likely N-dealkylation sites (N-methyl/N-ethyl adjacent to an activating group) is 1. The minimum Gasteiger partial charge on any atom is -0.357 e. The van der Waals surface area contributed by atoms with Crippen LogP contribution in [0.25, 0.3) is 0 Å². The summed E-state index contributed by atoms with van der Waals surface area (Å²) in [6.07, 6.45) is 0.672. The van der Waals surface area contributed by atoms with Crippen LogP contribution in [0.4, 0.5) is 0 Å². The average Bonchev–Trinajstić information content (AvgIpc) is 2.11. The van der Waals surface area contributed by atoms with E-state index in [1.165, 1.54) is 0 Å². The van der Waals surface area contributed by atoms with E-state index in [-0.39, 0.29) is 17.7 Å². The maximum Gasteiger partial charge on any atom is 0.242 e. The summed E-state index contributed by atoms with van der Waals surface area (Å²) in [6, 6.07) is -0.405. The largest absolute Gasteiger partial charge is 0.357 e. The lowest BCUT2D eigenvalue weighted by Gasteiger charge is -2.28. The van der Waals surface area contributed by atoms with Crippen molar-refractivity contribution in [3.63, 3.8) is 0 Å². The molecule has 0 bridgehead atoms. The van der Waals surface area contributed by atoms with Gasteiger partial charge in [-0.1, -0.05) is 13.8 Å². The molecule has 1 fully saturated rings. The molecule has 0 radical (unpaired) electrons. The fourth-order valence-electron chi connectivity index (χ4n) is 1.64. The number of carbonyl (C=O) groups is 2. The number of carbonyl (C=O) groups excluding carboxylic acids is 2. The predicted octanol–water partition coefficient (Wildman–Crippen LogP) is -0.517. The topological polar surface area (TPSA) is 70.2 Å². The van der Waals surface area contributed by atoms with Crippen molar-refractivity contribution < 1.29 is 9.59 Å². The molecule has 0 spiro atoms. The molecule has 0 aliphatic carbocycles. The molecule has 0 saturated carbocycles. The van der Waals surface area contributed by atoms with Gasteiger partial charge >= 0.3 is 0 Å². The summed E-state index contributed by atoms with van der Waals surface area (Å²) >= 11 is 0. The zero-order valence-corrected chi connectivity index (χ0v) is 10.2. The van der Waals surface area contributed by atoms with Gasteiger partial charge < -0.3 is 16.0 Å². The molecule has 0 aromatic carbocycles. The highest BCUT2D eigenvalue weighted by Crippen LogP contribution is 2.08. The van der Waals surface area contributed by atoms with E-state index in [4.69, 9.17) is 0 Å². The van der Waals surface area contributed by atoms with Crippen LogP contribution in [0.5, 0.6) is 0 Å². The Balaban J connectivity index is 2.48. The SMILES string of the molecule is CNC(=O)C(CC(C)C)NC(=O)C1CNC1. The quantitative estimate of drug-likeness (QED) is 0.592. The van der Waals surface area contributed by atoms with E-state index in [9.17, 15) is 9.59 Å². The molecule has 2 amide bonds. The molecule has 0 aromatic heterocycles. The van der Waals surface area contributed by atoms with Gasteiger partial charge in [0.2, 0.25) is 11.8 Å². The zero-order chi connectivity index (χ0) is 12.1. The summed E-state index contributed by atoms with van der Waals surface area (Å²) in [5.41, 5.74) is 0. The minimum atomic E-state index is -0.405. The maximum absolute atomic E-state index is 11.7. The molecular formula is C11H21N3O2. The number of rotatable bonds is 5. The maximum atomic E-state index is 11.7. The van der Waals surface area contributed by atoms with Gasteiger partial charge in [0.05, 0.1) is 5.92 Å². The van der Waals surface area contributed by atoms with Gasteiger partial charge in [0.1, 0.15) is 6.04 Å². The van der Waals surface area contributed by atoms with Crippen molar-refractivity contribution in [1.29, 1.82) is 0 Å². The summed E-state index contributed by atoms with van der Waals surface area (Å²) in [5, 5.41) is 8.43. The third-order valence-corrected chi connectivity index (χ3v) is 2.74. The minimum absolute atomic E-state index is 0.0204. The van der Waals surface area contributed by atoms with E-state index in [0.717, 1.165) is 0 Å². The van der Waals surface area contributed by atoms with E-state index < -0.39 is 6.04 Å². The lowest BCUT2D eigenvalue weighted by Crippen LogP contribution is -2.55. The summed E-state index contributed by atoms with van der Waals surface area (Å²) in [6.45, 7) is 5.50. The van der Waals surface area contributed by atoms with Gasteiger partial charge in [0.25, 0.3) is 0 Å². The Bertz CT molecular complexity index is 262. The first-order valence-corrected chi connectivity index (χ1v) is 5.77. The average molecular weight is 227 g/mol. The Morgan fingerprint density at radius 1 is 1.38 bits per heavy atom. The predicted molar refractivity (Wildman–Crippen MR) is 61.8 cm³/mol. The van der Waals surface area contributed by atoms with Gasteiger partial charge in [-0.15, -0.1) is 0 Å². The van der Waals surface area contributed by atoms with Crippen molar-refractivity contribution >= 4 is 11.8 Å². The highest BCUT2D eigenvalue weighted by molar-refractivity contribution is 5.88. The van der Waals surface area contributed by atoms with Crippen molar-refractivity contribution in [3.8, 4) is 0 Å². The first-order chi connectivity index (χ1) is 7.54. The van der Waals surface area contributed by atoms with Crippen molar-refractivity contribution in [2.45, 2.75) is 26.3 Å². The summed E-state index contributed by atoms with van der Waals surface area (Å²) < 4.78 is 0. The first-order valence-electron chi connectivity index (χ1n) is 5.77. The van der Waals surface area contributed by atoms with E-state index in [2.05, 4.69) is 16.0 Å². The monoisotopic (exact) mass is 227 g/mol. The standard InChI is InChI=1S/C11H21N3O2/c1-7(2)4-9(11(16)12-3)14-10(15)8-5-13-6-8/h7-9,13H,4-6H2,1-3H3,(H,12,16)(H,14,15). The molecule has 92 valence electrons. The molecule has 1 aliphatic rings. The van der Waals surface area contributed by atoms with Gasteiger partial charge in [0, 0.05) is 20.1 Å². The van der Waals surface area contributed by atoms with Crippen molar-refractivity contribution in [1.82, 2.24) is 16.0 Å². The van der Waals surface area contributed by atoms with E-state index in [1.807, 2.05) is 13.8 Å². The fraction of sp³-hybridized carbons (Fsp3) is 0.818. The van der Waals surface area contributed by atoms with Crippen LogP contribution in [-0.4, -0.2) is 38.0 Å². The third kappa shape index (κ3) is 3.48. The molecule has 1 heterocycles. The molecule has 1 aliphatic heterocycles. The van der Waals surface area contributed by atoms with Gasteiger partial charge in [-0.25, -0.2) is 0 Å². The molecule has 5 heteroatoms. The van der Waals surface area contributed by atoms with Crippen LogP contribution < -0.4 is 16.0 Å². The lowest BCUT2D eigenvalue weighted by molar-refractivity contribution is -0.132. The van der Waals surface area contributed by atoms with Gasteiger partial charge in [-0.05, 0) is 12.3 Å². The third-order valence-electron chi connectivity index (χ3n) is 2.74. The molecule has 1 saturated heterocycles. The van der Waals surface area contributed by atoms with Crippen molar-refractivity contribution in [2.75, 3.05) is 20.1 Å². The Labute approximate surface area is 96.4 Å². The fourth-order valence-corrected chi connectivity index (χ4v) is 1.64. The Kier molecular flexibility index (Phi) is 4.73. The van der Waals surface area contributed by atoms with E-state index in [0.29, 0.717) is 25.4 Å². The summed E-state index contributed by atoms with van der Waals surface area (Å²) in [7, 11) is 1.59. The van der Waals surface area contributed by atoms with Crippen LogP contribution in [0.3, 0.4) is 0 Å². The van der Waals surface area contributed by atoms with Crippen molar-refractivity contribution in [2.24, 2.45) is 11.8 Å². The summed E-state index contributed by atoms with van der Waals surface area (Å²) in [4.78, 5) is 23.3. The summed E-state index contributed by atoms with van der Waals surface area (Å²) in [5.74, 6) is 0.267. The molecule has 0 aromatic rings. The lowest BCUT2D eigenvalue weighted by atomic mass is 9.99. The number of nitrogens with one attached hydrogen (secondary N) is 3. The molecule has 5 nitrogen and oxygen atoms in total. The molecule has 3 N–H and O–H groups in total. The molecule has 1 rings (SSSR count). The van der Waals surface area contributed by atoms with Crippen LogP contribution in [0.2, 0.25) is 0 Å². The smallest absolute Gasteiger partial charge is 0.242 e. The van der Waals surface area contributed by atoms with Crippen LogP contribution in [-0.2, 0) is 9.59 Å². The van der Waals surface area contributed by atoms with Crippen LogP contribution in [0, 0.1) is 11.8 Å². The van der Waals surface area contributed by atoms with Gasteiger partial charge in [0.15, 0.2) is 0 Å². The molecule has 1 unspecified atom stereocenters. The number of hydrogen-bond donors (Lipinski definition) is 3. The molecular weight excluding hydrogens is 206 g/mol. The van der Waals surface area contributed by atoms with Crippen LogP contribution in [0.15, 0.2) is 0 Å². The normalized spacial score (nSPS) is 17.8. The van der Waals surface area contributed by atoms with E-state index in [1.54, 1.807) is 7.05 Å². The second-order valence-corrected chi connectivity index (χ2v) is 4.66. The number of hydrogen-bond acceptors (Lipinski definition) is 3. The Hall–Kier alpha value is -1.10. The second-order valence-electron chi connectivity index (χ2n) is 4.66. The zero-order valence-electron chi connectivity index (χ0n) is 10.2. The number of amides is 2. The second kappa shape index (κ2) is 5.84. The first kappa shape index (κ1) is 13.0. The van der Waals surface area contributed by atoms with Gasteiger partial charge in [-0.2, -0.15) is 0 Å². The van der Waals surface area contributed by atoms with Gasteiger partial charge in [-0.3, -0.25) is 9.59 Å². The van der Waals surface area contributed by atoms with Crippen LogP contribution >= 0.6 is 0 Å². The molecule has 16 heavy (non-hydrogen) atoms. The van der Waals surface area contributed by atoms with Crippen LogP contribution in [0.1, 0.15) is 20.3 Å². The highest BCUT2D eigenvalue weighted by atomic mass is 16.2. The highest BCUT2D eigenvalue weighted by Gasteiger charge is 2.28. The molecule has 1 atom stereocenters. The Morgan fingerprint density at radius 3 is 2.38 bits per heavy atom. The van der Waals surface area contributed by atoms with E-state index >= 15 is 0 Å². The Morgan fingerprint density at radius 2 is 2.00 bits per heavy atom.